The Kier molecular flexibility index (Phi) is 7.13. The zero-order valence-electron chi connectivity index (χ0n) is 22.1. The van der Waals surface area contributed by atoms with Crippen LogP contribution in [0.15, 0.2) is 67.0 Å². The highest BCUT2D eigenvalue weighted by Gasteiger charge is 2.24. The second kappa shape index (κ2) is 11.0. The molecule has 6 rings (SSSR count). The molecule has 1 N–H and O–H groups in total. The first-order chi connectivity index (χ1) is 19.5. The van der Waals surface area contributed by atoms with Crippen molar-refractivity contribution >= 4 is 40.3 Å². The van der Waals surface area contributed by atoms with Crippen molar-refractivity contribution in [3.63, 3.8) is 0 Å². The van der Waals surface area contributed by atoms with E-state index in [-0.39, 0.29) is 12.7 Å². The van der Waals surface area contributed by atoms with Crippen LogP contribution >= 0.6 is 11.6 Å². The number of ether oxygens (including phenoxy) is 1. The number of nitrogens with zero attached hydrogens (tertiary/aromatic N) is 5. The van der Waals surface area contributed by atoms with Gasteiger partial charge in [-0.15, -0.1) is 0 Å². The van der Waals surface area contributed by atoms with Gasteiger partial charge in [0.2, 0.25) is 5.95 Å². The quantitative estimate of drug-likeness (QED) is 0.324. The molecule has 1 amide bonds. The molecule has 4 aromatic rings. The van der Waals surface area contributed by atoms with Crippen LogP contribution in [0.25, 0.3) is 5.82 Å². The van der Waals surface area contributed by atoms with Gasteiger partial charge < -0.3 is 24.4 Å². The summed E-state index contributed by atoms with van der Waals surface area (Å²) in [5.74, 6) is 1.25. The van der Waals surface area contributed by atoms with Crippen molar-refractivity contribution in [2.24, 2.45) is 0 Å². The number of fused-ring (bicyclic) bond motifs is 3. The van der Waals surface area contributed by atoms with Gasteiger partial charge in [-0.3, -0.25) is 4.79 Å². The van der Waals surface area contributed by atoms with Crippen LogP contribution in [-0.2, 0) is 24.2 Å². The molecule has 204 valence electrons. The number of aryl methyl sites for hydroxylation is 2. The van der Waals surface area contributed by atoms with Crippen molar-refractivity contribution < 1.29 is 14.3 Å². The number of nitrogens with one attached hydrogen (secondary N) is 1. The lowest BCUT2D eigenvalue weighted by molar-refractivity contribution is 0.0941. The van der Waals surface area contributed by atoms with Gasteiger partial charge in [0, 0.05) is 61.2 Å². The number of rotatable bonds is 6. The minimum Gasteiger partial charge on any atom is -0.445 e. The van der Waals surface area contributed by atoms with Crippen LogP contribution in [0.3, 0.4) is 0 Å². The number of hydrogen-bond donors (Lipinski definition) is 1. The van der Waals surface area contributed by atoms with Crippen LogP contribution in [0.4, 0.5) is 22.1 Å². The zero-order chi connectivity index (χ0) is 27.6. The highest BCUT2D eigenvalue weighted by atomic mass is 35.5. The first-order valence-corrected chi connectivity index (χ1v) is 13.7. The van der Waals surface area contributed by atoms with Gasteiger partial charge in [-0.05, 0) is 66.8 Å². The van der Waals surface area contributed by atoms with Gasteiger partial charge in [0.1, 0.15) is 12.4 Å². The van der Waals surface area contributed by atoms with E-state index >= 15 is 0 Å². The van der Waals surface area contributed by atoms with Crippen molar-refractivity contribution in [1.29, 1.82) is 0 Å². The first kappa shape index (κ1) is 25.9. The Morgan fingerprint density at radius 1 is 1.02 bits per heavy atom. The molecule has 2 aromatic carbocycles. The fourth-order valence-corrected chi connectivity index (χ4v) is 5.43. The summed E-state index contributed by atoms with van der Waals surface area (Å²) in [4.78, 5) is 37.6. The van der Waals surface area contributed by atoms with E-state index < -0.39 is 5.24 Å². The Hall–Kier alpha value is -4.37. The third-order valence-corrected chi connectivity index (χ3v) is 7.67. The number of anilines is 3. The Labute approximate surface area is 237 Å². The highest BCUT2D eigenvalue weighted by Crippen LogP contribution is 2.29. The molecule has 40 heavy (non-hydrogen) atoms. The Morgan fingerprint density at radius 3 is 2.58 bits per heavy atom. The van der Waals surface area contributed by atoms with Gasteiger partial charge in [0.25, 0.3) is 5.24 Å². The molecule has 0 bridgehead atoms. The van der Waals surface area contributed by atoms with Gasteiger partial charge >= 0.3 is 6.09 Å². The molecule has 10 heteroatoms. The van der Waals surface area contributed by atoms with Gasteiger partial charge in [0.15, 0.2) is 0 Å². The number of carbonyl (C=O) groups is 2. The SMILES string of the molecule is Cc1cc(N2CCN(C(=O)OCc3ccccc3)CC2)ccc1Nc1ncc2c(n1)-n1ccc(C(=O)Cl)c1CC2. The monoisotopic (exact) mass is 556 g/mol. The lowest BCUT2D eigenvalue weighted by Gasteiger charge is -2.35. The predicted molar refractivity (Wildman–Crippen MR) is 154 cm³/mol. The molecule has 0 radical (unpaired) electrons. The summed E-state index contributed by atoms with van der Waals surface area (Å²) in [6, 6.07) is 17.7. The second-order valence-electron chi connectivity index (χ2n) is 10.0. The minimum atomic E-state index is -0.454. The summed E-state index contributed by atoms with van der Waals surface area (Å²) in [7, 11) is 0. The highest BCUT2D eigenvalue weighted by molar-refractivity contribution is 6.67. The molecule has 4 heterocycles. The fourth-order valence-electron chi connectivity index (χ4n) is 5.26. The van der Waals surface area contributed by atoms with Crippen molar-refractivity contribution in [1.82, 2.24) is 19.4 Å². The molecule has 2 aliphatic heterocycles. The molecule has 2 aliphatic rings. The van der Waals surface area contributed by atoms with Gasteiger partial charge in [-0.2, -0.15) is 4.98 Å². The van der Waals surface area contributed by atoms with Crippen LogP contribution in [0, 0.1) is 6.92 Å². The van der Waals surface area contributed by atoms with E-state index in [4.69, 9.17) is 21.3 Å². The largest absolute Gasteiger partial charge is 0.445 e. The van der Waals surface area contributed by atoms with Crippen molar-refractivity contribution in [3.05, 3.63) is 94.9 Å². The number of amides is 1. The van der Waals surface area contributed by atoms with E-state index in [0.717, 1.165) is 59.1 Å². The van der Waals surface area contributed by atoms with Crippen molar-refractivity contribution in [3.8, 4) is 5.82 Å². The van der Waals surface area contributed by atoms with Gasteiger partial charge in [0.05, 0.1) is 5.56 Å². The van der Waals surface area contributed by atoms with Crippen LogP contribution in [0.2, 0.25) is 0 Å². The Morgan fingerprint density at radius 2 is 1.82 bits per heavy atom. The standard InChI is InChI=1S/C30H29ClN6O3/c1-20-17-23(35-13-15-36(16-14-35)30(39)40-19-21-5-3-2-4-6-21)8-9-25(20)33-29-32-18-22-7-10-26-24(27(31)38)11-12-37(26)28(22)34-29/h2-6,8-9,11-12,17-18H,7,10,13-16,19H2,1H3,(H,32,33,34). The number of hydrogen-bond acceptors (Lipinski definition) is 7. The van der Waals surface area contributed by atoms with E-state index in [1.54, 1.807) is 11.0 Å². The molecule has 1 fully saturated rings. The minimum absolute atomic E-state index is 0.276. The predicted octanol–water partition coefficient (Wildman–Crippen LogP) is 5.26. The van der Waals surface area contributed by atoms with Gasteiger partial charge in [-0.25, -0.2) is 9.78 Å². The number of aromatic nitrogens is 3. The molecule has 0 unspecified atom stereocenters. The molecule has 0 atom stereocenters. The van der Waals surface area contributed by atoms with Crippen LogP contribution in [0.1, 0.15) is 32.7 Å². The lowest BCUT2D eigenvalue weighted by Crippen LogP contribution is -2.48. The third kappa shape index (κ3) is 5.24. The van der Waals surface area contributed by atoms with E-state index in [0.29, 0.717) is 31.0 Å². The summed E-state index contributed by atoms with van der Waals surface area (Å²) in [6.45, 7) is 4.99. The normalized spacial score (nSPS) is 14.3. The molecule has 2 aromatic heterocycles. The maximum atomic E-state index is 12.5. The van der Waals surface area contributed by atoms with Crippen molar-refractivity contribution in [2.45, 2.75) is 26.4 Å². The lowest BCUT2D eigenvalue weighted by atomic mass is 10.0. The average molecular weight is 557 g/mol. The van der Waals surface area contributed by atoms with E-state index in [1.807, 2.05) is 60.3 Å². The molecule has 0 aliphatic carbocycles. The number of carbonyl (C=O) groups excluding carboxylic acids is 2. The average Bonchev–Trinajstić information content (AvgIpc) is 3.43. The van der Waals surface area contributed by atoms with Gasteiger partial charge in [-0.1, -0.05) is 30.3 Å². The third-order valence-electron chi connectivity index (χ3n) is 7.47. The molecular formula is C30H29ClN6O3. The molecule has 1 saturated heterocycles. The maximum absolute atomic E-state index is 12.5. The Bertz CT molecular complexity index is 1560. The topological polar surface area (TPSA) is 92.6 Å². The zero-order valence-corrected chi connectivity index (χ0v) is 22.9. The van der Waals surface area contributed by atoms with E-state index in [9.17, 15) is 9.59 Å². The smallest absolute Gasteiger partial charge is 0.410 e. The molecule has 9 nitrogen and oxygen atoms in total. The molecule has 0 saturated carbocycles. The summed E-state index contributed by atoms with van der Waals surface area (Å²) in [6.07, 6.45) is 4.87. The number of piperazine rings is 1. The van der Waals surface area contributed by atoms with Crippen LogP contribution in [-0.4, -0.2) is 56.9 Å². The Balaban J connectivity index is 1.09. The fraction of sp³-hybridized carbons (Fsp3) is 0.267. The van der Waals surface area contributed by atoms with E-state index in [1.165, 1.54) is 0 Å². The van der Waals surface area contributed by atoms with Crippen LogP contribution < -0.4 is 10.2 Å². The molecular weight excluding hydrogens is 528 g/mol. The first-order valence-electron chi connectivity index (χ1n) is 13.3. The van der Waals surface area contributed by atoms with E-state index in [2.05, 4.69) is 27.3 Å². The van der Waals surface area contributed by atoms with Crippen LogP contribution in [0.5, 0.6) is 0 Å². The summed E-state index contributed by atoms with van der Waals surface area (Å²) < 4.78 is 7.42. The number of halogens is 1. The second-order valence-corrected chi connectivity index (χ2v) is 10.3. The maximum Gasteiger partial charge on any atom is 0.410 e. The number of benzene rings is 2. The molecule has 0 spiro atoms. The van der Waals surface area contributed by atoms with Crippen molar-refractivity contribution in [2.75, 3.05) is 36.4 Å². The summed E-state index contributed by atoms with van der Waals surface area (Å²) in [5.41, 5.74) is 6.47. The summed E-state index contributed by atoms with van der Waals surface area (Å²) in [5, 5.41) is 2.89. The summed E-state index contributed by atoms with van der Waals surface area (Å²) >= 11 is 5.76.